The molecule has 0 aliphatic carbocycles. The molecule has 0 spiro atoms. The lowest BCUT2D eigenvalue weighted by atomic mass is 10.1. The fourth-order valence-electron chi connectivity index (χ4n) is 3.87. The van der Waals surface area contributed by atoms with E-state index in [0.29, 0.717) is 28.9 Å². The molecule has 0 radical (unpaired) electrons. The first-order valence-corrected chi connectivity index (χ1v) is 12.9. The predicted octanol–water partition coefficient (Wildman–Crippen LogP) is 6.03. The minimum atomic E-state index is -0.310. The Morgan fingerprint density at radius 1 is 1.09 bits per heavy atom. The molecule has 4 rings (SSSR count). The molecule has 5 nitrogen and oxygen atoms in total. The molecule has 1 fully saturated rings. The first kappa shape index (κ1) is 25.2. The highest BCUT2D eigenvalue weighted by molar-refractivity contribution is 14.1. The van der Waals surface area contributed by atoms with Gasteiger partial charge in [-0.25, -0.2) is 4.39 Å². The highest BCUT2D eigenvalue weighted by Gasteiger charge is 2.24. The molecular formula is C27H22BrFIN3O2. The molecular weight excluding hydrogens is 624 g/mol. The molecule has 178 valence electrons. The van der Waals surface area contributed by atoms with Gasteiger partial charge in [0.2, 0.25) is 0 Å². The molecule has 8 heteroatoms. The van der Waals surface area contributed by atoms with Crippen LogP contribution in [0.15, 0.2) is 76.8 Å². The van der Waals surface area contributed by atoms with Gasteiger partial charge in [0.25, 0.3) is 5.91 Å². The number of piperazine rings is 1. The number of ether oxygens (including phenoxy) is 1. The molecule has 35 heavy (non-hydrogen) atoms. The molecule has 1 saturated heterocycles. The second kappa shape index (κ2) is 11.7. The van der Waals surface area contributed by atoms with Crippen molar-refractivity contribution in [2.45, 2.75) is 6.61 Å². The average Bonchev–Trinajstić information content (AvgIpc) is 2.87. The maximum Gasteiger partial charge on any atom is 0.264 e. The number of para-hydroxylation sites is 1. The number of halogens is 3. The third kappa shape index (κ3) is 6.41. The summed E-state index contributed by atoms with van der Waals surface area (Å²) in [5.41, 5.74) is 2.66. The van der Waals surface area contributed by atoms with E-state index < -0.39 is 0 Å². The number of hydrogen-bond donors (Lipinski definition) is 0. The van der Waals surface area contributed by atoms with E-state index in [0.717, 1.165) is 27.9 Å². The number of hydrogen-bond acceptors (Lipinski definition) is 4. The zero-order valence-electron chi connectivity index (χ0n) is 18.8. The van der Waals surface area contributed by atoms with Gasteiger partial charge in [-0.1, -0.05) is 30.3 Å². The van der Waals surface area contributed by atoms with Crippen molar-refractivity contribution in [3.63, 3.8) is 0 Å². The fourth-order valence-corrected chi connectivity index (χ4v) is 5.64. The van der Waals surface area contributed by atoms with Gasteiger partial charge in [0.1, 0.15) is 29.8 Å². The van der Waals surface area contributed by atoms with Crippen LogP contribution in [0.3, 0.4) is 0 Å². The van der Waals surface area contributed by atoms with Gasteiger partial charge in [0.05, 0.1) is 8.04 Å². The maximum atomic E-state index is 13.4. The lowest BCUT2D eigenvalue weighted by Crippen LogP contribution is -2.49. The molecule has 0 N–H and O–H groups in total. The molecule has 3 aromatic rings. The molecule has 0 saturated carbocycles. The number of rotatable bonds is 6. The van der Waals surface area contributed by atoms with Crippen LogP contribution in [-0.2, 0) is 11.4 Å². The van der Waals surface area contributed by atoms with Crippen molar-refractivity contribution < 1.29 is 13.9 Å². The quantitative estimate of drug-likeness (QED) is 0.187. The van der Waals surface area contributed by atoms with E-state index in [4.69, 9.17) is 4.74 Å². The maximum absolute atomic E-state index is 13.4. The van der Waals surface area contributed by atoms with Gasteiger partial charge < -0.3 is 14.5 Å². The van der Waals surface area contributed by atoms with E-state index in [2.05, 4.69) is 61.6 Å². The van der Waals surface area contributed by atoms with E-state index in [9.17, 15) is 14.4 Å². The monoisotopic (exact) mass is 645 g/mol. The number of benzene rings is 3. The van der Waals surface area contributed by atoms with Crippen molar-refractivity contribution in [2.24, 2.45) is 0 Å². The largest absolute Gasteiger partial charge is 0.487 e. The first-order valence-electron chi connectivity index (χ1n) is 11.0. The minimum Gasteiger partial charge on any atom is -0.487 e. The number of carbonyl (C=O) groups is 1. The van der Waals surface area contributed by atoms with Crippen LogP contribution in [-0.4, -0.2) is 37.0 Å². The molecule has 3 aromatic carbocycles. The number of nitriles is 1. The van der Waals surface area contributed by atoms with Crippen molar-refractivity contribution in [3.8, 4) is 11.8 Å². The van der Waals surface area contributed by atoms with Crippen LogP contribution < -0.4 is 9.64 Å². The van der Waals surface area contributed by atoms with Crippen molar-refractivity contribution in [2.75, 3.05) is 31.1 Å². The van der Waals surface area contributed by atoms with E-state index in [1.807, 2.05) is 24.3 Å². The molecule has 1 amide bonds. The van der Waals surface area contributed by atoms with Crippen LogP contribution in [0.25, 0.3) is 6.08 Å². The van der Waals surface area contributed by atoms with E-state index >= 15 is 0 Å². The predicted molar refractivity (Wildman–Crippen MR) is 146 cm³/mol. The van der Waals surface area contributed by atoms with Crippen LogP contribution in [0.1, 0.15) is 11.1 Å². The zero-order chi connectivity index (χ0) is 24.8. The van der Waals surface area contributed by atoms with Gasteiger partial charge in [0.15, 0.2) is 0 Å². The summed E-state index contributed by atoms with van der Waals surface area (Å²) >= 11 is 5.67. The van der Waals surface area contributed by atoms with Crippen molar-refractivity contribution >= 4 is 56.2 Å². The van der Waals surface area contributed by atoms with E-state index in [1.165, 1.54) is 12.1 Å². The molecule has 0 bridgehead atoms. The van der Waals surface area contributed by atoms with Crippen LogP contribution >= 0.6 is 38.5 Å². The van der Waals surface area contributed by atoms with Crippen molar-refractivity contribution in [3.05, 3.63) is 97.3 Å². The third-order valence-corrected chi connectivity index (χ3v) is 7.03. The summed E-state index contributed by atoms with van der Waals surface area (Å²) in [6.07, 6.45) is 1.61. The Labute approximate surface area is 226 Å². The summed E-state index contributed by atoms with van der Waals surface area (Å²) in [5, 5.41) is 9.70. The number of nitrogens with zero attached hydrogens (tertiary/aromatic N) is 3. The zero-order valence-corrected chi connectivity index (χ0v) is 22.5. The van der Waals surface area contributed by atoms with Crippen molar-refractivity contribution in [1.82, 2.24) is 4.90 Å². The van der Waals surface area contributed by atoms with Gasteiger partial charge in [-0.15, -0.1) is 0 Å². The Kier molecular flexibility index (Phi) is 8.42. The summed E-state index contributed by atoms with van der Waals surface area (Å²) in [6.45, 7) is 2.77. The van der Waals surface area contributed by atoms with Crippen LogP contribution in [0.4, 0.5) is 10.1 Å². The SMILES string of the molecule is N#C/C(=C/c1cc(Br)c(OCc2cccc(F)c2)c(I)c1)C(=O)N1CCN(c2ccccc2)CC1. The van der Waals surface area contributed by atoms with Gasteiger partial charge in [-0.05, 0) is 92.1 Å². The number of anilines is 1. The minimum absolute atomic E-state index is 0.0919. The van der Waals surface area contributed by atoms with Gasteiger partial charge in [-0.2, -0.15) is 5.26 Å². The fraction of sp³-hybridized carbons (Fsp3) is 0.185. The highest BCUT2D eigenvalue weighted by atomic mass is 127. The molecule has 0 unspecified atom stereocenters. The van der Waals surface area contributed by atoms with Gasteiger partial charge in [-0.3, -0.25) is 4.79 Å². The summed E-state index contributed by atoms with van der Waals surface area (Å²) in [5.74, 6) is 0.0437. The van der Waals surface area contributed by atoms with Gasteiger partial charge >= 0.3 is 0 Å². The van der Waals surface area contributed by atoms with E-state index in [1.54, 1.807) is 29.2 Å². The Morgan fingerprint density at radius 3 is 2.49 bits per heavy atom. The lowest BCUT2D eigenvalue weighted by molar-refractivity contribution is -0.126. The Balaban J connectivity index is 1.43. The Morgan fingerprint density at radius 2 is 1.83 bits per heavy atom. The van der Waals surface area contributed by atoms with Crippen LogP contribution in [0.2, 0.25) is 0 Å². The second-order valence-corrected chi connectivity index (χ2v) is 10.0. The molecule has 1 heterocycles. The second-order valence-electron chi connectivity index (χ2n) is 8.02. The smallest absolute Gasteiger partial charge is 0.264 e. The summed E-state index contributed by atoms with van der Waals surface area (Å²) in [6, 6.07) is 22.1. The van der Waals surface area contributed by atoms with Gasteiger partial charge in [0, 0.05) is 31.9 Å². The number of carbonyl (C=O) groups excluding carboxylic acids is 1. The topological polar surface area (TPSA) is 56.6 Å². The molecule has 1 aliphatic rings. The van der Waals surface area contributed by atoms with Crippen LogP contribution in [0.5, 0.6) is 5.75 Å². The highest BCUT2D eigenvalue weighted by Crippen LogP contribution is 2.33. The molecule has 1 aliphatic heterocycles. The standard InChI is InChI=1S/C27H22BrFIN3O2/c28-24-15-20(16-25(30)26(24)35-18-19-5-4-6-22(29)14-19)13-21(17-31)27(34)33-11-9-32(10-12-33)23-7-2-1-3-8-23/h1-8,13-16H,9-12,18H2/b21-13-. The molecule has 0 atom stereocenters. The summed E-state index contributed by atoms with van der Waals surface area (Å²) < 4.78 is 20.8. The van der Waals surface area contributed by atoms with E-state index in [-0.39, 0.29) is 23.9 Å². The normalized spacial score (nSPS) is 13.9. The average molecular weight is 646 g/mol. The number of amides is 1. The Bertz CT molecular complexity index is 1260. The Hall–Kier alpha value is -2.90. The molecule has 0 aromatic heterocycles. The summed E-state index contributed by atoms with van der Waals surface area (Å²) in [4.78, 5) is 17.0. The van der Waals surface area contributed by atoms with Crippen molar-refractivity contribution in [1.29, 1.82) is 5.26 Å². The third-order valence-electron chi connectivity index (χ3n) is 5.64. The summed E-state index contributed by atoms with van der Waals surface area (Å²) in [7, 11) is 0. The van der Waals surface area contributed by atoms with Crippen LogP contribution in [0, 0.1) is 20.7 Å². The lowest BCUT2D eigenvalue weighted by Gasteiger charge is -2.36. The first-order chi connectivity index (χ1) is 16.9.